The molecule has 2 rings (SSSR count). The molecule has 1 aromatic carbocycles. The molecular weight excluding hydrogens is 307 g/mol. The number of hydrogen-bond donors (Lipinski definition) is 1. The number of hydrogen-bond acceptors (Lipinski definition) is 2. The molecule has 1 N–H and O–H groups in total. The minimum atomic E-state index is -0.217. The molecule has 0 saturated heterocycles. The number of pyridine rings is 1. The number of likely N-dealkylation sites (N-methyl/N-ethyl adjacent to an activating group) is 1. The molecule has 1 atom stereocenters. The first-order chi connectivity index (χ1) is 9.19. The Bertz CT molecular complexity index is 531. The minimum Gasteiger partial charge on any atom is -0.316 e. The van der Waals surface area contributed by atoms with Crippen molar-refractivity contribution < 1.29 is 4.39 Å². The Labute approximate surface area is 121 Å². The molecule has 2 aromatic rings. The molecule has 0 amide bonds. The standard InChI is InChI=1S/C15H16BrFN2/c1-18-14(8-11-4-6-19-7-5-11)9-12-2-3-13(17)10-15(12)16/h2-7,10,14,18H,8-9H2,1H3. The van der Waals surface area contributed by atoms with Gasteiger partial charge in [0.25, 0.3) is 0 Å². The molecule has 2 nitrogen and oxygen atoms in total. The van der Waals surface area contributed by atoms with Crippen LogP contribution in [0.15, 0.2) is 47.2 Å². The van der Waals surface area contributed by atoms with Crippen molar-refractivity contribution in [1.29, 1.82) is 0 Å². The molecule has 4 heteroatoms. The van der Waals surface area contributed by atoms with Gasteiger partial charge in [-0.2, -0.15) is 0 Å². The summed E-state index contributed by atoms with van der Waals surface area (Å²) >= 11 is 3.41. The average Bonchev–Trinajstić information content (AvgIpc) is 2.42. The number of benzene rings is 1. The van der Waals surface area contributed by atoms with Crippen LogP contribution in [0.2, 0.25) is 0 Å². The zero-order chi connectivity index (χ0) is 13.7. The van der Waals surface area contributed by atoms with E-state index in [0.29, 0.717) is 6.04 Å². The second-order valence-electron chi connectivity index (χ2n) is 4.49. The molecule has 0 spiro atoms. The summed E-state index contributed by atoms with van der Waals surface area (Å²) in [5, 5.41) is 3.31. The van der Waals surface area contributed by atoms with Crippen LogP contribution in [-0.4, -0.2) is 18.1 Å². The van der Waals surface area contributed by atoms with Gasteiger partial charge in [-0.25, -0.2) is 4.39 Å². The van der Waals surface area contributed by atoms with Gasteiger partial charge in [-0.05, 0) is 55.3 Å². The summed E-state index contributed by atoms with van der Waals surface area (Å²) in [4.78, 5) is 4.02. The molecule has 0 radical (unpaired) electrons. The van der Waals surface area contributed by atoms with E-state index in [1.165, 1.54) is 17.7 Å². The second kappa shape index (κ2) is 6.78. The molecule has 0 saturated carbocycles. The zero-order valence-electron chi connectivity index (χ0n) is 10.7. The highest BCUT2D eigenvalue weighted by atomic mass is 79.9. The predicted octanol–water partition coefficient (Wildman–Crippen LogP) is 3.36. The molecule has 1 heterocycles. The van der Waals surface area contributed by atoms with Gasteiger partial charge < -0.3 is 5.32 Å². The maximum atomic E-state index is 13.1. The molecule has 1 aromatic heterocycles. The third-order valence-corrected chi connectivity index (χ3v) is 3.86. The highest BCUT2D eigenvalue weighted by molar-refractivity contribution is 9.10. The fraction of sp³-hybridized carbons (Fsp3) is 0.267. The van der Waals surface area contributed by atoms with E-state index in [9.17, 15) is 4.39 Å². The fourth-order valence-electron chi connectivity index (χ4n) is 2.03. The lowest BCUT2D eigenvalue weighted by atomic mass is 10.00. The topological polar surface area (TPSA) is 24.9 Å². The lowest BCUT2D eigenvalue weighted by Crippen LogP contribution is -2.30. The summed E-state index contributed by atoms with van der Waals surface area (Å²) < 4.78 is 13.9. The highest BCUT2D eigenvalue weighted by Gasteiger charge is 2.11. The van der Waals surface area contributed by atoms with E-state index in [1.807, 2.05) is 25.2 Å². The number of nitrogens with one attached hydrogen (secondary N) is 1. The maximum Gasteiger partial charge on any atom is 0.124 e. The Balaban J connectivity index is 2.06. The number of aromatic nitrogens is 1. The van der Waals surface area contributed by atoms with Crippen molar-refractivity contribution in [2.45, 2.75) is 18.9 Å². The summed E-state index contributed by atoms with van der Waals surface area (Å²) in [5.74, 6) is -0.217. The van der Waals surface area contributed by atoms with Gasteiger partial charge in [0.05, 0.1) is 0 Å². The van der Waals surface area contributed by atoms with E-state index < -0.39 is 0 Å². The van der Waals surface area contributed by atoms with Crippen molar-refractivity contribution in [1.82, 2.24) is 10.3 Å². The van der Waals surface area contributed by atoms with Gasteiger partial charge in [-0.1, -0.05) is 22.0 Å². The summed E-state index contributed by atoms with van der Waals surface area (Å²) in [6.07, 6.45) is 5.37. The molecule has 0 fully saturated rings. The number of halogens is 2. The first kappa shape index (κ1) is 14.2. The summed E-state index contributed by atoms with van der Waals surface area (Å²) in [6, 6.07) is 9.18. The van der Waals surface area contributed by atoms with Crippen molar-refractivity contribution >= 4 is 15.9 Å². The third kappa shape index (κ3) is 4.11. The Morgan fingerprint density at radius 1 is 1.21 bits per heavy atom. The van der Waals surface area contributed by atoms with Crippen molar-refractivity contribution in [2.75, 3.05) is 7.05 Å². The van der Waals surface area contributed by atoms with Gasteiger partial charge in [-0.3, -0.25) is 4.98 Å². The van der Waals surface area contributed by atoms with Crippen molar-refractivity contribution in [3.63, 3.8) is 0 Å². The van der Waals surface area contributed by atoms with Crippen LogP contribution in [-0.2, 0) is 12.8 Å². The average molecular weight is 323 g/mol. The molecule has 100 valence electrons. The van der Waals surface area contributed by atoms with E-state index in [-0.39, 0.29) is 5.82 Å². The van der Waals surface area contributed by atoms with Crippen molar-refractivity contribution in [3.05, 3.63) is 64.1 Å². The van der Waals surface area contributed by atoms with Gasteiger partial charge in [0.15, 0.2) is 0 Å². The largest absolute Gasteiger partial charge is 0.316 e. The summed E-state index contributed by atoms with van der Waals surface area (Å²) in [7, 11) is 1.95. The summed E-state index contributed by atoms with van der Waals surface area (Å²) in [6.45, 7) is 0. The van der Waals surface area contributed by atoms with Crippen molar-refractivity contribution in [2.24, 2.45) is 0 Å². The molecule has 1 unspecified atom stereocenters. The lowest BCUT2D eigenvalue weighted by molar-refractivity contribution is 0.554. The van der Waals surface area contributed by atoms with E-state index in [1.54, 1.807) is 12.4 Å². The first-order valence-electron chi connectivity index (χ1n) is 6.19. The van der Waals surface area contributed by atoms with E-state index >= 15 is 0 Å². The van der Waals surface area contributed by atoms with E-state index in [4.69, 9.17) is 0 Å². The smallest absolute Gasteiger partial charge is 0.124 e. The molecule has 19 heavy (non-hydrogen) atoms. The molecule has 0 aliphatic carbocycles. The van der Waals surface area contributed by atoms with Crippen LogP contribution in [0.5, 0.6) is 0 Å². The van der Waals surface area contributed by atoms with Crippen LogP contribution in [0.4, 0.5) is 4.39 Å². The van der Waals surface area contributed by atoms with Gasteiger partial charge in [0.1, 0.15) is 5.82 Å². The van der Waals surface area contributed by atoms with E-state index in [2.05, 4.69) is 26.2 Å². The Morgan fingerprint density at radius 3 is 2.58 bits per heavy atom. The van der Waals surface area contributed by atoms with Gasteiger partial charge in [0.2, 0.25) is 0 Å². The Kier molecular flexibility index (Phi) is 5.05. The predicted molar refractivity (Wildman–Crippen MR) is 78.6 cm³/mol. The normalized spacial score (nSPS) is 12.4. The molecule has 0 aliphatic heterocycles. The van der Waals surface area contributed by atoms with Crippen LogP contribution >= 0.6 is 15.9 Å². The fourth-order valence-corrected chi connectivity index (χ4v) is 2.55. The Hall–Kier alpha value is -1.26. The van der Waals surface area contributed by atoms with Gasteiger partial charge in [-0.15, -0.1) is 0 Å². The number of rotatable bonds is 5. The van der Waals surface area contributed by atoms with Crippen LogP contribution < -0.4 is 5.32 Å². The van der Waals surface area contributed by atoms with Crippen LogP contribution in [0.25, 0.3) is 0 Å². The monoisotopic (exact) mass is 322 g/mol. The number of nitrogens with zero attached hydrogens (tertiary/aromatic N) is 1. The minimum absolute atomic E-state index is 0.217. The van der Waals surface area contributed by atoms with Crippen molar-refractivity contribution in [3.8, 4) is 0 Å². The summed E-state index contributed by atoms with van der Waals surface area (Å²) in [5.41, 5.74) is 2.35. The quantitative estimate of drug-likeness (QED) is 0.913. The van der Waals surface area contributed by atoms with E-state index in [0.717, 1.165) is 22.9 Å². The van der Waals surface area contributed by atoms with Crippen LogP contribution in [0, 0.1) is 5.82 Å². The molecular formula is C15H16BrFN2. The van der Waals surface area contributed by atoms with Gasteiger partial charge >= 0.3 is 0 Å². The first-order valence-corrected chi connectivity index (χ1v) is 6.98. The zero-order valence-corrected chi connectivity index (χ0v) is 12.3. The molecule has 0 bridgehead atoms. The van der Waals surface area contributed by atoms with Crippen LogP contribution in [0.1, 0.15) is 11.1 Å². The second-order valence-corrected chi connectivity index (χ2v) is 5.34. The maximum absolute atomic E-state index is 13.1. The van der Waals surface area contributed by atoms with Gasteiger partial charge in [0, 0.05) is 22.9 Å². The van der Waals surface area contributed by atoms with Crippen LogP contribution in [0.3, 0.4) is 0 Å². The Morgan fingerprint density at radius 2 is 1.95 bits per heavy atom. The SMILES string of the molecule is CNC(Cc1ccncc1)Cc1ccc(F)cc1Br. The lowest BCUT2D eigenvalue weighted by Gasteiger charge is -2.17. The molecule has 0 aliphatic rings. The third-order valence-electron chi connectivity index (χ3n) is 3.12. The highest BCUT2D eigenvalue weighted by Crippen LogP contribution is 2.20.